The fourth-order valence-corrected chi connectivity index (χ4v) is 5.95. The van der Waals surface area contributed by atoms with Gasteiger partial charge >= 0.3 is 0 Å². The number of nitrogens with zero attached hydrogens (tertiary/aromatic N) is 2. The van der Waals surface area contributed by atoms with Crippen molar-refractivity contribution in [3.05, 3.63) is 57.7 Å². The predicted molar refractivity (Wildman–Crippen MR) is 122 cm³/mol. The van der Waals surface area contributed by atoms with Crippen LogP contribution in [0.15, 0.2) is 47.1 Å². The van der Waals surface area contributed by atoms with Crippen molar-refractivity contribution >= 4 is 23.2 Å². The second-order valence-corrected chi connectivity index (χ2v) is 9.53. The Morgan fingerprint density at radius 3 is 2.94 bits per heavy atom. The predicted octanol–water partition coefficient (Wildman–Crippen LogP) is 2.95. The summed E-state index contributed by atoms with van der Waals surface area (Å²) in [6.07, 6.45) is 6.86. The summed E-state index contributed by atoms with van der Waals surface area (Å²) in [7, 11) is 1.63. The highest BCUT2D eigenvalue weighted by Crippen LogP contribution is 2.43. The molecule has 0 spiro atoms. The number of para-hydroxylation sites is 1. The third kappa shape index (κ3) is 3.77. The smallest absolute Gasteiger partial charge is 0.251 e. The fourth-order valence-electron chi connectivity index (χ4n) is 5.33. The summed E-state index contributed by atoms with van der Waals surface area (Å²) in [5.41, 5.74) is 2.42. The monoisotopic (exact) mass is 452 g/mol. The number of methoxy groups -OCH3 is 1. The maximum atomic E-state index is 13.9. The number of fused-ring (bicyclic) bond motifs is 1. The molecule has 3 aliphatic rings. The summed E-state index contributed by atoms with van der Waals surface area (Å²) in [6, 6.07) is 7.43. The number of nitrogens with one attached hydrogen (secondary N) is 2. The second kappa shape index (κ2) is 8.94. The summed E-state index contributed by atoms with van der Waals surface area (Å²) < 4.78 is 5.69. The van der Waals surface area contributed by atoms with E-state index in [0.717, 1.165) is 42.0 Å². The molecule has 7 nitrogen and oxygen atoms in total. The van der Waals surface area contributed by atoms with Gasteiger partial charge in [0.25, 0.3) is 5.91 Å². The highest BCUT2D eigenvalue weighted by atomic mass is 32.1. The summed E-state index contributed by atoms with van der Waals surface area (Å²) in [5, 5.41) is 9.52. The molecule has 3 atom stereocenters. The standard InChI is InChI=1S/C24H28N4O3S/c1-31-19-9-5-2-6-15(19)23-22-17(14-26-24(22)30)27-16-7-3-4-8-18(16)28(23)21(29)11-10-20-25-12-13-32-20/h2,5-6,9,12-13,16,18,23,27H,3-4,7-8,10-11,14H2,1H3,(H,26,30). The van der Waals surface area contributed by atoms with Gasteiger partial charge in [-0.15, -0.1) is 11.3 Å². The van der Waals surface area contributed by atoms with Crippen LogP contribution in [0.1, 0.15) is 48.7 Å². The van der Waals surface area contributed by atoms with E-state index in [2.05, 4.69) is 15.6 Å². The number of aryl methyl sites for hydroxylation is 1. The highest BCUT2D eigenvalue weighted by molar-refractivity contribution is 7.09. The van der Waals surface area contributed by atoms with Gasteiger partial charge < -0.3 is 20.3 Å². The minimum atomic E-state index is -0.479. The molecule has 1 fully saturated rings. The molecule has 2 N–H and O–H groups in total. The normalized spacial score (nSPS) is 24.8. The van der Waals surface area contributed by atoms with Gasteiger partial charge in [-0.25, -0.2) is 4.98 Å². The van der Waals surface area contributed by atoms with Crippen LogP contribution in [0.2, 0.25) is 0 Å². The van der Waals surface area contributed by atoms with E-state index in [1.165, 1.54) is 0 Å². The van der Waals surface area contributed by atoms with Crippen LogP contribution in [0.5, 0.6) is 5.75 Å². The molecular weight excluding hydrogens is 424 g/mol. The maximum absolute atomic E-state index is 13.9. The molecule has 168 valence electrons. The van der Waals surface area contributed by atoms with Crippen LogP contribution in [0.25, 0.3) is 0 Å². The lowest BCUT2D eigenvalue weighted by Crippen LogP contribution is -2.53. The minimum Gasteiger partial charge on any atom is -0.496 e. The molecule has 1 saturated carbocycles. The van der Waals surface area contributed by atoms with E-state index in [4.69, 9.17) is 4.74 Å². The zero-order valence-corrected chi connectivity index (χ0v) is 19.0. The lowest BCUT2D eigenvalue weighted by molar-refractivity contribution is -0.137. The number of amides is 2. The topological polar surface area (TPSA) is 83.6 Å². The van der Waals surface area contributed by atoms with Gasteiger partial charge in [-0.3, -0.25) is 9.59 Å². The fraction of sp³-hybridized carbons (Fsp3) is 0.458. The first-order valence-electron chi connectivity index (χ1n) is 11.3. The summed E-state index contributed by atoms with van der Waals surface area (Å²) >= 11 is 1.57. The molecule has 32 heavy (non-hydrogen) atoms. The number of rotatable bonds is 5. The molecule has 2 aromatic rings. The molecule has 8 heteroatoms. The van der Waals surface area contributed by atoms with Gasteiger partial charge in [-0.2, -0.15) is 0 Å². The SMILES string of the molecule is COc1ccccc1C1C2=C(CNC2=O)NC2CCCCC2N1C(=O)CCc1nccs1. The van der Waals surface area contributed by atoms with E-state index in [1.54, 1.807) is 24.6 Å². The van der Waals surface area contributed by atoms with Crippen LogP contribution in [-0.2, 0) is 16.0 Å². The van der Waals surface area contributed by atoms with E-state index in [0.29, 0.717) is 30.7 Å². The van der Waals surface area contributed by atoms with E-state index in [-0.39, 0.29) is 23.9 Å². The molecule has 1 aromatic heterocycles. The van der Waals surface area contributed by atoms with Gasteiger partial charge in [0, 0.05) is 41.7 Å². The number of carbonyl (C=O) groups is 2. The Labute approximate surface area is 191 Å². The molecule has 3 heterocycles. The van der Waals surface area contributed by atoms with E-state index >= 15 is 0 Å². The number of carbonyl (C=O) groups excluding carboxylic acids is 2. The van der Waals surface area contributed by atoms with Crippen molar-refractivity contribution in [3.8, 4) is 5.75 Å². The minimum absolute atomic E-state index is 0.0286. The van der Waals surface area contributed by atoms with Crippen LogP contribution < -0.4 is 15.4 Å². The van der Waals surface area contributed by atoms with Gasteiger partial charge in [-0.1, -0.05) is 31.0 Å². The number of hydrogen-bond acceptors (Lipinski definition) is 6. The summed E-state index contributed by atoms with van der Waals surface area (Å²) in [5.74, 6) is 0.638. The maximum Gasteiger partial charge on any atom is 0.251 e. The Morgan fingerprint density at radius 1 is 1.28 bits per heavy atom. The molecule has 2 amide bonds. The van der Waals surface area contributed by atoms with E-state index in [1.807, 2.05) is 34.5 Å². The van der Waals surface area contributed by atoms with Crippen molar-refractivity contribution in [1.29, 1.82) is 0 Å². The molecule has 1 aromatic carbocycles. The number of ether oxygens (including phenoxy) is 1. The van der Waals surface area contributed by atoms with Gasteiger partial charge in [-0.05, 0) is 18.9 Å². The molecule has 0 bridgehead atoms. The highest BCUT2D eigenvalue weighted by Gasteiger charge is 2.46. The van der Waals surface area contributed by atoms with Gasteiger partial charge in [0.15, 0.2) is 0 Å². The summed E-state index contributed by atoms with van der Waals surface area (Å²) in [4.78, 5) is 33.3. The molecule has 2 aliphatic heterocycles. The van der Waals surface area contributed by atoms with E-state index < -0.39 is 6.04 Å². The molecule has 5 rings (SSSR count). The number of hydrogen-bond donors (Lipinski definition) is 2. The quantitative estimate of drug-likeness (QED) is 0.729. The van der Waals surface area contributed by atoms with Crippen molar-refractivity contribution in [3.63, 3.8) is 0 Å². The van der Waals surface area contributed by atoms with Crippen LogP contribution >= 0.6 is 11.3 Å². The average Bonchev–Trinajstić information content (AvgIpc) is 3.43. The summed E-state index contributed by atoms with van der Waals surface area (Å²) in [6.45, 7) is 0.476. The van der Waals surface area contributed by atoms with Crippen LogP contribution in [0.3, 0.4) is 0 Å². The molecular formula is C24H28N4O3S. The van der Waals surface area contributed by atoms with Crippen molar-refractivity contribution in [2.45, 2.75) is 56.7 Å². The van der Waals surface area contributed by atoms with Crippen LogP contribution in [0.4, 0.5) is 0 Å². The zero-order chi connectivity index (χ0) is 22.1. The number of aromatic nitrogens is 1. The lowest BCUT2D eigenvalue weighted by atomic mass is 9.87. The second-order valence-electron chi connectivity index (χ2n) is 8.55. The molecule has 0 saturated heterocycles. The largest absolute Gasteiger partial charge is 0.496 e. The average molecular weight is 453 g/mol. The Bertz CT molecular complexity index is 1040. The Kier molecular flexibility index (Phi) is 5.87. The van der Waals surface area contributed by atoms with Crippen molar-refractivity contribution in [2.24, 2.45) is 0 Å². The zero-order valence-electron chi connectivity index (χ0n) is 18.2. The van der Waals surface area contributed by atoms with Gasteiger partial charge in [0.2, 0.25) is 5.91 Å². The van der Waals surface area contributed by atoms with Crippen molar-refractivity contribution < 1.29 is 14.3 Å². The Balaban J connectivity index is 1.60. The number of benzene rings is 1. The molecule has 1 aliphatic carbocycles. The lowest BCUT2D eigenvalue weighted by Gasteiger charge is -2.43. The molecule has 3 unspecified atom stereocenters. The van der Waals surface area contributed by atoms with Crippen molar-refractivity contribution in [2.75, 3.05) is 13.7 Å². The van der Waals surface area contributed by atoms with Crippen LogP contribution in [0, 0.1) is 0 Å². The number of thiazole rings is 1. The first-order valence-corrected chi connectivity index (χ1v) is 12.2. The van der Waals surface area contributed by atoms with E-state index in [9.17, 15) is 9.59 Å². The van der Waals surface area contributed by atoms with Crippen LogP contribution in [-0.4, -0.2) is 47.4 Å². The Hall–Kier alpha value is -2.87. The third-order valence-electron chi connectivity index (χ3n) is 6.75. The third-order valence-corrected chi connectivity index (χ3v) is 7.59. The first kappa shape index (κ1) is 21.0. The Morgan fingerprint density at radius 2 is 2.12 bits per heavy atom. The van der Waals surface area contributed by atoms with Gasteiger partial charge in [0.05, 0.1) is 36.3 Å². The molecule has 0 radical (unpaired) electrons. The van der Waals surface area contributed by atoms with Crippen molar-refractivity contribution in [1.82, 2.24) is 20.5 Å². The first-order chi connectivity index (χ1) is 15.7. The van der Waals surface area contributed by atoms with Gasteiger partial charge in [0.1, 0.15) is 5.75 Å².